The number of carbonyl (C=O) groups excluding carboxylic acids is 2. The van der Waals surface area contributed by atoms with Crippen LogP contribution in [-0.4, -0.2) is 64.1 Å². The first kappa shape index (κ1) is 32.4. The van der Waals surface area contributed by atoms with Crippen molar-refractivity contribution in [2.24, 2.45) is 11.8 Å². The Kier molecular flexibility index (Phi) is 8.60. The fourth-order valence-corrected chi connectivity index (χ4v) is 8.30. The smallest absolute Gasteiger partial charge is 0.374 e. The van der Waals surface area contributed by atoms with Crippen LogP contribution in [0.4, 0.5) is 0 Å². The van der Waals surface area contributed by atoms with Crippen LogP contribution in [-0.2, 0) is 27.4 Å². The number of carbonyl (C=O) groups is 2. The van der Waals surface area contributed by atoms with Crippen molar-refractivity contribution in [2.75, 3.05) is 20.3 Å². The molecule has 254 valence electrons. The van der Waals surface area contributed by atoms with Crippen LogP contribution in [0.1, 0.15) is 80.5 Å². The second-order valence-electron chi connectivity index (χ2n) is 13.6. The van der Waals surface area contributed by atoms with Crippen LogP contribution in [0.3, 0.4) is 0 Å². The standard InChI is InChI=1S/C38H43NO9/c1-4-46-37(43)30-16-25(22-14-23(18-40)33(42)26(15-22)20-9-10-29-21(13-20)11-12-39-29)32-35(45-3)27-17-31(38(2,44)24-7-5-6-8-24)48-34(27)28(19-41)36(32)47-30/h9-13,16,23-24,26,31,39-41,44H,4-8,14-15,17-19H2,1-3H3. The molecule has 48 heavy (non-hydrogen) atoms. The van der Waals surface area contributed by atoms with Crippen molar-refractivity contribution in [1.29, 1.82) is 0 Å². The van der Waals surface area contributed by atoms with Crippen molar-refractivity contribution in [3.63, 3.8) is 0 Å². The summed E-state index contributed by atoms with van der Waals surface area (Å²) in [5.41, 5.74) is 3.74. The van der Waals surface area contributed by atoms with Gasteiger partial charge in [-0.05, 0) is 86.2 Å². The Morgan fingerprint density at radius 3 is 2.60 bits per heavy atom. The molecule has 3 aromatic rings. The molecule has 2 fully saturated rings. The van der Waals surface area contributed by atoms with E-state index >= 15 is 0 Å². The number of methoxy groups -OCH3 is 1. The molecule has 7 rings (SSSR count). The minimum atomic E-state index is -1.11. The van der Waals surface area contributed by atoms with Crippen molar-refractivity contribution in [2.45, 2.75) is 83.0 Å². The Balaban J connectivity index is 1.40. The Morgan fingerprint density at radius 2 is 1.90 bits per heavy atom. The van der Waals surface area contributed by atoms with Gasteiger partial charge in [-0.25, -0.2) is 4.79 Å². The van der Waals surface area contributed by atoms with Crippen molar-refractivity contribution in [3.8, 4) is 17.2 Å². The molecule has 2 aliphatic heterocycles. The van der Waals surface area contributed by atoms with Crippen LogP contribution >= 0.6 is 0 Å². The third-order valence-electron chi connectivity index (χ3n) is 10.9. The molecular formula is C38H43NO9. The summed E-state index contributed by atoms with van der Waals surface area (Å²) < 4.78 is 24.2. The van der Waals surface area contributed by atoms with Crippen LogP contribution in [0.25, 0.3) is 16.5 Å². The summed E-state index contributed by atoms with van der Waals surface area (Å²) in [6.45, 7) is 2.88. The molecule has 10 nitrogen and oxygen atoms in total. The van der Waals surface area contributed by atoms with Crippen molar-refractivity contribution >= 4 is 28.2 Å². The maximum atomic E-state index is 13.8. The van der Waals surface area contributed by atoms with Crippen LogP contribution in [0.15, 0.2) is 47.9 Å². The Hall–Kier alpha value is -4.12. The number of H-pyrrole nitrogens is 1. The van der Waals surface area contributed by atoms with Gasteiger partial charge in [0.1, 0.15) is 34.7 Å². The molecule has 3 heterocycles. The summed E-state index contributed by atoms with van der Waals surface area (Å²) >= 11 is 0. The molecule has 0 amide bonds. The fourth-order valence-electron chi connectivity index (χ4n) is 8.30. The lowest BCUT2D eigenvalue weighted by Gasteiger charge is -2.35. The van der Waals surface area contributed by atoms with Gasteiger partial charge in [-0.15, -0.1) is 0 Å². The van der Waals surface area contributed by atoms with Crippen LogP contribution in [0.2, 0.25) is 0 Å². The lowest BCUT2D eigenvalue weighted by molar-refractivity contribution is -0.141. The number of aliphatic hydroxyl groups excluding tert-OH is 2. The Bertz CT molecular complexity index is 1830. The lowest BCUT2D eigenvalue weighted by atomic mass is 9.72. The Labute approximate surface area is 279 Å². The number of allylic oxidation sites excluding steroid dienone is 3. The monoisotopic (exact) mass is 657 g/mol. The van der Waals surface area contributed by atoms with Gasteiger partial charge in [0.05, 0.1) is 38.1 Å². The molecule has 0 radical (unpaired) electrons. The zero-order valence-corrected chi connectivity index (χ0v) is 27.6. The van der Waals surface area contributed by atoms with Gasteiger partial charge in [-0.1, -0.05) is 24.5 Å². The van der Waals surface area contributed by atoms with Crippen molar-refractivity contribution in [1.82, 2.24) is 4.98 Å². The number of hydrogen-bond acceptors (Lipinski definition) is 9. The topological polar surface area (TPSA) is 148 Å². The number of hydrogen-bond donors (Lipinski definition) is 4. The molecule has 0 saturated heterocycles. The number of fused-ring (bicyclic) bond motifs is 3. The minimum Gasteiger partial charge on any atom is -0.496 e. The van der Waals surface area contributed by atoms with E-state index in [2.05, 4.69) is 4.98 Å². The number of aromatic amines is 1. The number of ketones is 1. The van der Waals surface area contributed by atoms with E-state index in [1.54, 1.807) is 20.1 Å². The second-order valence-corrected chi connectivity index (χ2v) is 13.6. The predicted octanol–water partition coefficient (Wildman–Crippen LogP) is 5.26. The van der Waals surface area contributed by atoms with Crippen LogP contribution in [0, 0.1) is 11.8 Å². The highest BCUT2D eigenvalue weighted by atomic mass is 16.6. The molecule has 0 spiro atoms. The van der Waals surface area contributed by atoms with Crippen molar-refractivity contribution in [3.05, 3.63) is 70.1 Å². The number of nitrogens with one attached hydrogen (secondary N) is 1. The number of rotatable bonds is 8. The minimum absolute atomic E-state index is 0.0408. The summed E-state index contributed by atoms with van der Waals surface area (Å²) in [5.74, 6) is -0.834. The first-order valence-electron chi connectivity index (χ1n) is 17.0. The van der Waals surface area contributed by atoms with E-state index in [0.717, 1.165) is 47.7 Å². The SMILES string of the molecule is CCOC(=O)C1=CC(=C2CC(CO)C(=O)C(c3ccc4[nH]ccc4c3)C2)c2c(OC)c3c(c(CO)c2O1)OC(C(C)(O)C1CCCC1)C3. The van der Waals surface area contributed by atoms with Gasteiger partial charge >= 0.3 is 5.97 Å². The van der Waals surface area contributed by atoms with Gasteiger partial charge in [-0.3, -0.25) is 4.79 Å². The normalized spacial score (nSPS) is 25.2. The van der Waals surface area contributed by atoms with Crippen molar-refractivity contribution < 1.29 is 43.9 Å². The van der Waals surface area contributed by atoms with E-state index in [1.807, 2.05) is 37.4 Å². The summed E-state index contributed by atoms with van der Waals surface area (Å²) in [7, 11) is 1.56. The largest absolute Gasteiger partial charge is 0.496 e. The van der Waals surface area contributed by atoms with Gasteiger partial charge in [0.15, 0.2) is 0 Å². The first-order valence-corrected chi connectivity index (χ1v) is 17.0. The van der Waals surface area contributed by atoms with E-state index in [1.165, 1.54) is 0 Å². The molecule has 2 aliphatic carbocycles. The fraction of sp³-hybridized carbons (Fsp3) is 0.474. The zero-order valence-electron chi connectivity index (χ0n) is 27.6. The first-order chi connectivity index (χ1) is 23.2. The van der Waals surface area contributed by atoms with Gasteiger partial charge in [0.25, 0.3) is 0 Å². The molecule has 4 atom stereocenters. The third kappa shape index (κ3) is 5.30. The van der Waals surface area contributed by atoms with E-state index in [0.29, 0.717) is 46.6 Å². The summed E-state index contributed by atoms with van der Waals surface area (Å²) in [4.78, 5) is 30.2. The highest BCUT2D eigenvalue weighted by Gasteiger charge is 2.48. The molecule has 4 N–H and O–H groups in total. The maximum Gasteiger partial charge on any atom is 0.374 e. The summed E-state index contributed by atoms with van der Waals surface area (Å²) in [6, 6.07) is 7.84. The number of aliphatic hydroxyl groups is 3. The van der Waals surface area contributed by atoms with Gasteiger partial charge in [-0.2, -0.15) is 0 Å². The molecule has 4 unspecified atom stereocenters. The maximum absolute atomic E-state index is 13.8. The lowest BCUT2D eigenvalue weighted by Crippen LogP contribution is -2.47. The van der Waals surface area contributed by atoms with Crippen LogP contribution < -0.4 is 14.2 Å². The average Bonchev–Trinajstić information content (AvgIpc) is 3.88. The second kappa shape index (κ2) is 12.7. The van der Waals surface area contributed by atoms with E-state index in [-0.39, 0.29) is 42.8 Å². The van der Waals surface area contributed by atoms with E-state index in [4.69, 9.17) is 18.9 Å². The van der Waals surface area contributed by atoms with E-state index in [9.17, 15) is 24.9 Å². The number of esters is 1. The highest BCUT2D eigenvalue weighted by Crippen LogP contribution is 2.56. The number of benzene rings is 2. The quantitative estimate of drug-likeness (QED) is 0.238. The molecule has 2 saturated carbocycles. The molecule has 4 aliphatic rings. The summed E-state index contributed by atoms with van der Waals surface area (Å²) in [5, 5.41) is 34.0. The molecular weight excluding hydrogens is 614 g/mol. The average molecular weight is 658 g/mol. The predicted molar refractivity (Wildman–Crippen MR) is 178 cm³/mol. The van der Waals surface area contributed by atoms with E-state index < -0.39 is 36.1 Å². The molecule has 2 aromatic carbocycles. The van der Waals surface area contributed by atoms with Gasteiger partial charge in [0, 0.05) is 35.5 Å². The number of Topliss-reactive ketones (excluding diaryl/α,β-unsaturated/α-hetero) is 1. The highest BCUT2D eigenvalue weighted by molar-refractivity contribution is 5.99. The number of ether oxygens (including phenoxy) is 4. The molecule has 1 aromatic heterocycles. The summed E-state index contributed by atoms with van der Waals surface area (Å²) in [6.07, 6.45) is 7.83. The van der Waals surface area contributed by atoms with Crippen LogP contribution in [0.5, 0.6) is 17.2 Å². The van der Waals surface area contributed by atoms with Gasteiger partial charge in [0.2, 0.25) is 5.76 Å². The Morgan fingerprint density at radius 1 is 1.10 bits per heavy atom. The molecule has 10 heteroatoms. The zero-order chi connectivity index (χ0) is 33.7. The molecule has 0 bridgehead atoms. The number of aromatic nitrogens is 1. The van der Waals surface area contributed by atoms with Gasteiger partial charge < -0.3 is 39.3 Å². The third-order valence-corrected chi connectivity index (χ3v) is 10.9.